The van der Waals surface area contributed by atoms with Crippen LogP contribution >= 0.6 is 0 Å². The van der Waals surface area contributed by atoms with Crippen LogP contribution < -0.4 is 5.56 Å². The van der Waals surface area contributed by atoms with Gasteiger partial charge in [0.25, 0.3) is 5.56 Å². The van der Waals surface area contributed by atoms with Crippen LogP contribution in [0.15, 0.2) is 53.7 Å². The lowest BCUT2D eigenvalue weighted by molar-refractivity contribution is -0.118. The predicted octanol–water partition coefficient (Wildman–Crippen LogP) is 3.40. The van der Waals surface area contributed by atoms with E-state index in [4.69, 9.17) is 0 Å². The largest absolute Gasteiger partial charge is 0.318 e. The van der Waals surface area contributed by atoms with Crippen molar-refractivity contribution in [3.05, 3.63) is 87.1 Å². The molecule has 136 valence electrons. The summed E-state index contributed by atoms with van der Waals surface area (Å²) in [4.78, 5) is 28.3. The number of aryl methyl sites for hydroxylation is 3. The lowest BCUT2D eigenvalue weighted by atomic mass is 9.84. The van der Waals surface area contributed by atoms with E-state index in [2.05, 4.69) is 23.2 Å². The second kappa shape index (κ2) is 6.95. The molecule has 4 rings (SSSR count). The Hall–Kier alpha value is -3.01. The van der Waals surface area contributed by atoms with E-state index >= 15 is 0 Å². The molecule has 4 nitrogen and oxygen atoms in total. The van der Waals surface area contributed by atoms with E-state index in [1.54, 1.807) is 17.8 Å². The Morgan fingerprint density at radius 1 is 1.11 bits per heavy atom. The molecule has 0 fully saturated rings. The number of carbonyl (C=O) groups excluding carboxylic acids is 1. The number of hydrogen-bond donors (Lipinski definition) is 0. The SMILES string of the molecule is Cc1cc(-c2cc3c(cc2Cc2cccnc2)CCC(=O)C3)cn(C)c1=O. The molecule has 1 aromatic carbocycles. The van der Waals surface area contributed by atoms with Gasteiger partial charge in [-0.3, -0.25) is 14.6 Å². The van der Waals surface area contributed by atoms with E-state index in [-0.39, 0.29) is 5.56 Å². The summed E-state index contributed by atoms with van der Waals surface area (Å²) in [7, 11) is 1.78. The summed E-state index contributed by atoms with van der Waals surface area (Å²) >= 11 is 0. The van der Waals surface area contributed by atoms with E-state index in [0.29, 0.717) is 18.6 Å². The molecule has 0 bridgehead atoms. The second-order valence-electron chi connectivity index (χ2n) is 7.36. The predicted molar refractivity (Wildman–Crippen MR) is 106 cm³/mol. The summed E-state index contributed by atoms with van der Waals surface area (Å²) in [6.45, 7) is 1.84. The quantitative estimate of drug-likeness (QED) is 0.721. The molecule has 3 aromatic rings. The van der Waals surface area contributed by atoms with Crippen LogP contribution in [0.25, 0.3) is 11.1 Å². The maximum absolute atomic E-state index is 12.1. The van der Waals surface area contributed by atoms with E-state index in [0.717, 1.165) is 40.7 Å². The Bertz CT molecular complexity index is 1060. The van der Waals surface area contributed by atoms with Gasteiger partial charge in [0, 0.05) is 44.0 Å². The molecule has 27 heavy (non-hydrogen) atoms. The van der Waals surface area contributed by atoms with Crippen LogP contribution in [0.4, 0.5) is 0 Å². The molecule has 0 atom stereocenters. The number of aromatic nitrogens is 2. The number of hydrogen-bond acceptors (Lipinski definition) is 3. The fraction of sp³-hybridized carbons (Fsp3) is 0.261. The Morgan fingerprint density at radius 2 is 1.96 bits per heavy atom. The molecule has 0 radical (unpaired) electrons. The number of pyridine rings is 2. The molecule has 2 heterocycles. The molecule has 2 aromatic heterocycles. The zero-order valence-corrected chi connectivity index (χ0v) is 15.7. The van der Waals surface area contributed by atoms with Crippen LogP contribution in [-0.2, 0) is 31.1 Å². The van der Waals surface area contributed by atoms with Crippen LogP contribution in [0.2, 0.25) is 0 Å². The van der Waals surface area contributed by atoms with Crippen LogP contribution in [0.1, 0.15) is 34.2 Å². The number of nitrogens with zero attached hydrogens (tertiary/aromatic N) is 2. The average Bonchev–Trinajstić information content (AvgIpc) is 2.66. The van der Waals surface area contributed by atoms with Crippen molar-refractivity contribution in [1.82, 2.24) is 9.55 Å². The highest BCUT2D eigenvalue weighted by atomic mass is 16.1. The highest BCUT2D eigenvalue weighted by Gasteiger charge is 2.19. The molecule has 0 aliphatic heterocycles. The van der Waals surface area contributed by atoms with Crippen molar-refractivity contribution in [2.24, 2.45) is 7.05 Å². The van der Waals surface area contributed by atoms with E-state index in [9.17, 15) is 9.59 Å². The van der Waals surface area contributed by atoms with Crippen molar-refractivity contribution in [3.63, 3.8) is 0 Å². The van der Waals surface area contributed by atoms with Gasteiger partial charge in [-0.2, -0.15) is 0 Å². The lowest BCUT2D eigenvalue weighted by Crippen LogP contribution is -2.19. The van der Waals surface area contributed by atoms with Gasteiger partial charge in [0.1, 0.15) is 5.78 Å². The van der Waals surface area contributed by atoms with Crippen LogP contribution in [0.5, 0.6) is 0 Å². The van der Waals surface area contributed by atoms with Gasteiger partial charge >= 0.3 is 0 Å². The smallest absolute Gasteiger partial charge is 0.253 e. The highest BCUT2D eigenvalue weighted by Crippen LogP contribution is 2.31. The van der Waals surface area contributed by atoms with E-state index < -0.39 is 0 Å². The molecule has 0 saturated carbocycles. The molecule has 0 spiro atoms. The Morgan fingerprint density at radius 3 is 2.70 bits per heavy atom. The van der Waals surface area contributed by atoms with Gasteiger partial charge in [-0.1, -0.05) is 18.2 Å². The molecule has 0 unspecified atom stereocenters. The van der Waals surface area contributed by atoms with Crippen molar-refractivity contribution in [3.8, 4) is 11.1 Å². The molecule has 1 aliphatic carbocycles. The number of ketones is 1. The summed E-state index contributed by atoms with van der Waals surface area (Å²) < 4.78 is 1.63. The van der Waals surface area contributed by atoms with Crippen LogP contribution in [-0.4, -0.2) is 15.3 Å². The second-order valence-corrected chi connectivity index (χ2v) is 7.36. The first kappa shape index (κ1) is 17.4. The van der Waals surface area contributed by atoms with Crippen molar-refractivity contribution in [1.29, 1.82) is 0 Å². The first-order valence-corrected chi connectivity index (χ1v) is 9.24. The fourth-order valence-corrected chi connectivity index (χ4v) is 3.88. The van der Waals surface area contributed by atoms with Crippen molar-refractivity contribution in [2.75, 3.05) is 0 Å². The summed E-state index contributed by atoms with van der Waals surface area (Å²) in [5.41, 5.74) is 7.56. The highest BCUT2D eigenvalue weighted by molar-refractivity contribution is 5.84. The Labute approximate surface area is 158 Å². The fourth-order valence-electron chi connectivity index (χ4n) is 3.88. The van der Waals surface area contributed by atoms with Gasteiger partial charge in [0.05, 0.1) is 0 Å². The van der Waals surface area contributed by atoms with E-state index in [1.807, 2.05) is 31.5 Å². The van der Waals surface area contributed by atoms with Gasteiger partial charge in [-0.15, -0.1) is 0 Å². The van der Waals surface area contributed by atoms with Crippen molar-refractivity contribution < 1.29 is 4.79 Å². The molecular weight excluding hydrogens is 336 g/mol. The van der Waals surface area contributed by atoms with Crippen molar-refractivity contribution >= 4 is 5.78 Å². The zero-order valence-electron chi connectivity index (χ0n) is 15.7. The normalized spacial score (nSPS) is 13.5. The molecule has 0 saturated heterocycles. The van der Waals surface area contributed by atoms with Gasteiger partial charge in [-0.25, -0.2) is 0 Å². The number of rotatable bonds is 3. The van der Waals surface area contributed by atoms with Crippen LogP contribution in [0.3, 0.4) is 0 Å². The summed E-state index contributed by atoms with van der Waals surface area (Å²) in [5, 5.41) is 0. The Kier molecular flexibility index (Phi) is 4.48. The van der Waals surface area contributed by atoms with Gasteiger partial charge in [0.2, 0.25) is 0 Å². The number of Topliss-reactive ketones (excluding diaryl/α,β-unsaturated/α-hetero) is 1. The molecule has 1 aliphatic rings. The maximum Gasteiger partial charge on any atom is 0.253 e. The Balaban J connectivity index is 1.88. The molecule has 0 N–H and O–H groups in total. The van der Waals surface area contributed by atoms with Gasteiger partial charge in [0.15, 0.2) is 0 Å². The third-order valence-electron chi connectivity index (χ3n) is 5.28. The lowest BCUT2D eigenvalue weighted by Gasteiger charge is -2.20. The number of fused-ring (bicyclic) bond motifs is 1. The minimum Gasteiger partial charge on any atom is -0.318 e. The summed E-state index contributed by atoms with van der Waals surface area (Å²) in [6.07, 6.45) is 8.25. The first-order valence-electron chi connectivity index (χ1n) is 9.24. The summed E-state index contributed by atoms with van der Waals surface area (Å²) in [5.74, 6) is 0.296. The van der Waals surface area contributed by atoms with Crippen molar-refractivity contribution in [2.45, 2.75) is 32.6 Å². The minimum atomic E-state index is 0.0145. The third-order valence-corrected chi connectivity index (χ3v) is 5.28. The summed E-state index contributed by atoms with van der Waals surface area (Å²) in [6, 6.07) is 10.4. The molecular formula is C23H22N2O2. The third kappa shape index (κ3) is 3.47. The number of benzene rings is 1. The zero-order chi connectivity index (χ0) is 19.0. The monoisotopic (exact) mass is 358 g/mol. The standard InChI is InChI=1S/C23H22N2O2/c1-15-8-20(14-25(2)23(15)27)22-12-18-11-21(26)6-5-17(18)10-19(22)9-16-4-3-7-24-13-16/h3-4,7-8,10,12-14H,5-6,9,11H2,1-2H3. The topological polar surface area (TPSA) is 52.0 Å². The minimum absolute atomic E-state index is 0.0145. The van der Waals surface area contributed by atoms with Gasteiger partial charge in [-0.05, 0) is 65.3 Å². The van der Waals surface area contributed by atoms with Crippen LogP contribution in [0, 0.1) is 6.92 Å². The maximum atomic E-state index is 12.1. The number of carbonyl (C=O) groups is 1. The van der Waals surface area contributed by atoms with E-state index in [1.165, 1.54) is 11.1 Å². The van der Waals surface area contributed by atoms with Gasteiger partial charge < -0.3 is 4.57 Å². The molecule has 0 amide bonds. The average molecular weight is 358 g/mol. The molecule has 4 heteroatoms. The first-order chi connectivity index (χ1) is 13.0.